The van der Waals surface area contributed by atoms with Gasteiger partial charge in [0.2, 0.25) is 5.88 Å². The monoisotopic (exact) mass is 287 g/mol. The number of aliphatic hydroxyl groups is 2. The molecule has 0 unspecified atom stereocenters. The zero-order chi connectivity index (χ0) is 15.2. The zero-order valence-corrected chi connectivity index (χ0v) is 12.4. The molecule has 2 N–H and O–H groups in total. The van der Waals surface area contributed by atoms with E-state index < -0.39 is 0 Å². The van der Waals surface area contributed by atoms with Crippen molar-refractivity contribution < 1.29 is 14.9 Å². The van der Waals surface area contributed by atoms with E-state index in [1.54, 1.807) is 6.07 Å². The first-order valence-corrected chi connectivity index (χ1v) is 7.11. The lowest BCUT2D eigenvalue weighted by Gasteiger charge is -2.11. The van der Waals surface area contributed by atoms with Crippen molar-refractivity contribution in [3.63, 3.8) is 0 Å². The average molecular weight is 287 g/mol. The summed E-state index contributed by atoms with van der Waals surface area (Å²) in [4.78, 5) is 4.46. The summed E-state index contributed by atoms with van der Waals surface area (Å²) in [5, 5.41) is 18.2. The van der Waals surface area contributed by atoms with E-state index in [4.69, 9.17) is 9.84 Å². The summed E-state index contributed by atoms with van der Waals surface area (Å²) in [7, 11) is 0. The Hall–Kier alpha value is -1.91. The maximum Gasteiger partial charge on any atom is 0.219 e. The van der Waals surface area contributed by atoms with Gasteiger partial charge in [0.15, 0.2) is 0 Å². The molecule has 4 heteroatoms. The summed E-state index contributed by atoms with van der Waals surface area (Å²) in [6.45, 7) is 4.21. The molecule has 0 atom stereocenters. The van der Waals surface area contributed by atoms with Crippen molar-refractivity contribution in [2.24, 2.45) is 0 Å². The molecule has 2 rings (SSSR count). The SMILES string of the molecule is CC(C)c1cc(CO)cc(Oc2ccc(CCO)cc2)n1. The minimum Gasteiger partial charge on any atom is -0.439 e. The Morgan fingerprint density at radius 1 is 1.05 bits per heavy atom. The molecular weight excluding hydrogens is 266 g/mol. The summed E-state index contributed by atoms with van der Waals surface area (Å²) in [6, 6.07) is 11.2. The lowest BCUT2D eigenvalue weighted by molar-refractivity contribution is 0.280. The largest absolute Gasteiger partial charge is 0.439 e. The second kappa shape index (κ2) is 7.20. The minimum atomic E-state index is -0.0337. The summed E-state index contributed by atoms with van der Waals surface area (Å²) in [6.07, 6.45) is 0.635. The number of nitrogens with zero attached hydrogens (tertiary/aromatic N) is 1. The Balaban J connectivity index is 2.19. The van der Waals surface area contributed by atoms with Crippen LogP contribution in [-0.4, -0.2) is 21.8 Å². The molecule has 0 amide bonds. The molecule has 21 heavy (non-hydrogen) atoms. The predicted molar refractivity (Wildman–Crippen MR) is 81.6 cm³/mol. The molecule has 0 fully saturated rings. The Kier molecular flexibility index (Phi) is 5.31. The fourth-order valence-electron chi connectivity index (χ4n) is 2.00. The van der Waals surface area contributed by atoms with Crippen LogP contribution in [0.25, 0.3) is 0 Å². The fraction of sp³-hybridized carbons (Fsp3) is 0.353. The molecular formula is C17H21NO3. The molecule has 112 valence electrons. The summed E-state index contributed by atoms with van der Waals surface area (Å²) in [5.41, 5.74) is 2.75. The van der Waals surface area contributed by atoms with Crippen molar-refractivity contribution in [2.45, 2.75) is 32.8 Å². The van der Waals surface area contributed by atoms with E-state index in [0.717, 1.165) is 16.8 Å². The van der Waals surface area contributed by atoms with Crippen molar-refractivity contribution in [3.8, 4) is 11.6 Å². The standard InChI is InChI=1S/C17H21NO3/c1-12(2)16-9-14(11-20)10-17(18-16)21-15-5-3-13(4-6-15)7-8-19/h3-6,9-10,12,19-20H,7-8,11H2,1-2H3. The maximum absolute atomic E-state index is 9.32. The minimum absolute atomic E-state index is 0.0337. The van der Waals surface area contributed by atoms with Gasteiger partial charge in [-0.05, 0) is 41.7 Å². The molecule has 1 aromatic heterocycles. The number of pyridine rings is 1. The third-order valence-electron chi connectivity index (χ3n) is 3.20. The normalized spacial score (nSPS) is 10.9. The van der Waals surface area contributed by atoms with Crippen LogP contribution in [0.1, 0.15) is 36.6 Å². The highest BCUT2D eigenvalue weighted by Crippen LogP contribution is 2.24. The molecule has 1 aromatic carbocycles. The van der Waals surface area contributed by atoms with Crippen LogP contribution in [0.4, 0.5) is 0 Å². The number of rotatable bonds is 6. The van der Waals surface area contributed by atoms with Crippen LogP contribution >= 0.6 is 0 Å². The molecule has 0 aliphatic rings. The number of hydrogen-bond acceptors (Lipinski definition) is 4. The van der Waals surface area contributed by atoms with Crippen LogP contribution in [0.2, 0.25) is 0 Å². The number of hydrogen-bond donors (Lipinski definition) is 2. The number of benzene rings is 1. The van der Waals surface area contributed by atoms with Crippen LogP contribution in [0.15, 0.2) is 36.4 Å². The Morgan fingerprint density at radius 3 is 2.33 bits per heavy atom. The number of aliphatic hydroxyl groups excluding tert-OH is 2. The van der Waals surface area contributed by atoms with Crippen LogP contribution in [0.5, 0.6) is 11.6 Å². The molecule has 0 saturated carbocycles. The van der Waals surface area contributed by atoms with Crippen molar-refractivity contribution in [2.75, 3.05) is 6.61 Å². The fourth-order valence-corrected chi connectivity index (χ4v) is 2.00. The smallest absolute Gasteiger partial charge is 0.219 e. The predicted octanol–water partition coefficient (Wildman–Crippen LogP) is 3.02. The summed E-state index contributed by atoms with van der Waals surface area (Å²) >= 11 is 0. The highest BCUT2D eigenvalue weighted by Gasteiger charge is 2.08. The first-order chi connectivity index (χ1) is 10.1. The Morgan fingerprint density at radius 2 is 1.76 bits per heavy atom. The second-order valence-electron chi connectivity index (χ2n) is 5.27. The molecule has 4 nitrogen and oxygen atoms in total. The molecule has 1 heterocycles. The zero-order valence-electron chi connectivity index (χ0n) is 12.4. The summed E-state index contributed by atoms with van der Waals surface area (Å²) < 4.78 is 5.76. The van der Waals surface area contributed by atoms with Crippen molar-refractivity contribution >= 4 is 0 Å². The van der Waals surface area contributed by atoms with Gasteiger partial charge in [-0.3, -0.25) is 0 Å². The van der Waals surface area contributed by atoms with Gasteiger partial charge in [0, 0.05) is 18.4 Å². The highest BCUT2D eigenvalue weighted by atomic mass is 16.5. The van der Waals surface area contributed by atoms with Gasteiger partial charge in [-0.2, -0.15) is 0 Å². The lowest BCUT2D eigenvalue weighted by Crippen LogP contribution is -1.99. The first-order valence-electron chi connectivity index (χ1n) is 7.11. The van der Waals surface area contributed by atoms with Gasteiger partial charge in [0.1, 0.15) is 5.75 Å². The van der Waals surface area contributed by atoms with Gasteiger partial charge in [-0.25, -0.2) is 4.98 Å². The van der Waals surface area contributed by atoms with Crippen LogP contribution in [0.3, 0.4) is 0 Å². The van der Waals surface area contributed by atoms with Gasteiger partial charge < -0.3 is 14.9 Å². The highest BCUT2D eigenvalue weighted by molar-refractivity contribution is 5.33. The molecule has 0 aliphatic carbocycles. The summed E-state index contributed by atoms with van der Waals surface area (Å²) in [5.74, 6) is 1.44. The molecule has 0 aliphatic heterocycles. The van der Waals surface area contributed by atoms with Gasteiger partial charge in [0.05, 0.1) is 6.61 Å². The van der Waals surface area contributed by atoms with Gasteiger partial charge in [0.25, 0.3) is 0 Å². The van der Waals surface area contributed by atoms with Gasteiger partial charge in [-0.1, -0.05) is 26.0 Å². The maximum atomic E-state index is 9.32. The number of aromatic nitrogens is 1. The van der Waals surface area contributed by atoms with E-state index in [1.807, 2.05) is 30.3 Å². The Bertz CT molecular complexity index is 579. The second-order valence-corrected chi connectivity index (χ2v) is 5.27. The van der Waals surface area contributed by atoms with E-state index in [0.29, 0.717) is 18.1 Å². The van der Waals surface area contributed by atoms with Crippen LogP contribution < -0.4 is 4.74 Å². The first kappa shape index (κ1) is 15.5. The van der Waals surface area contributed by atoms with Gasteiger partial charge >= 0.3 is 0 Å². The van der Waals surface area contributed by atoms with E-state index in [2.05, 4.69) is 18.8 Å². The van der Waals surface area contributed by atoms with E-state index in [1.165, 1.54) is 0 Å². The van der Waals surface area contributed by atoms with Crippen LogP contribution in [0, 0.1) is 0 Å². The molecule has 0 saturated heterocycles. The molecule has 0 radical (unpaired) electrons. The van der Waals surface area contributed by atoms with Crippen LogP contribution in [-0.2, 0) is 13.0 Å². The topological polar surface area (TPSA) is 62.6 Å². The van der Waals surface area contributed by atoms with Gasteiger partial charge in [-0.15, -0.1) is 0 Å². The number of ether oxygens (including phenoxy) is 1. The van der Waals surface area contributed by atoms with Crippen molar-refractivity contribution in [1.82, 2.24) is 4.98 Å². The Labute approximate surface area is 125 Å². The third-order valence-corrected chi connectivity index (χ3v) is 3.20. The average Bonchev–Trinajstić information content (AvgIpc) is 2.49. The third kappa shape index (κ3) is 4.28. The molecule has 0 spiro atoms. The van der Waals surface area contributed by atoms with E-state index in [9.17, 15) is 5.11 Å². The lowest BCUT2D eigenvalue weighted by atomic mass is 10.1. The quantitative estimate of drug-likeness (QED) is 0.857. The van der Waals surface area contributed by atoms with Crippen molar-refractivity contribution in [1.29, 1.82) is 0 Å². The molecule has 2 aromatic rings. The van der Waals surface area contributed by atoms with E-state index in [-0.39, 0.29) is 19.1 Å². The van der Waals surface area contributed by atoms with E-state index >= 15 is 0 Å². The van der Waals surface area contributed by atoms with Crippen molar-refractivity contribution in [3.05, 3.63) is 53.2 Å². The molecule has 0 bridgehead atoms.